The fraction of sp³-hybridized carbons (Fsp3) is 0.333. The Kier molecular flexibility index (Phi) is 4.47. The molecule has 0 bridgehead atoms. The molecule has 0 saturated carbocycles. The predicted molar refractivity (Wildman–Crippen MR) is 37.8 cm³/mol. The van der Waals surface area contributed by atoms with Crippen LogP contribution in [-0.4, -0.2) is 5.88 Å². The maximum absolute atomic E-state index is 5.37. The van der Waals surface area contributed by atoms with Crippen LogP contribution in [0.2, 0.25) is 0 Å². The smallest absolute Gasteiger partial charge is 0.0407 e. The highest BCUT2D eigenvalue weighted by Crippen LogP contribution is 1.86. The first-order valence-electron chi connectivity index (χ1n) is 2.45. The van der Waals surface area contributed by atoms with Crippen LogP contribution in [0.15, 0.2) is 23.9 Å². The number of hydrogen-bond donors (Lipinski definition) is 1. The highest BCUT2D eigenvalue weighted by Gasteiger charge is 1.73. The molecule has 0 fully saturated rings. The molecular weight excluding hydrogens is 122 g/mol. The van der Waals surface area contributed by atoms with Gasteiger partial charge in [0.2, 0.25) is 0 Å². The summed E-state index contributed by atoms with van der Waals surface area (Å²) in [5, 5.41) is 0. The summed E-state index contributed by atoms with van der Waals surface area (Å²) in [4.78, 5) is 0. The first-order chi connectivity index (χ1) is 3.81. The SMILES string of the molecule is C/C=C(N)\C=C/CCl. The zero-order valence-electron chi connectivity index (χ0n) is 4.89. The molecule has 8 heavy (non-hydrogen) atoms. The minimum Gasteiger partial charge on any atom is -0.399 e. The second-order valence-corrected chi connectivity index (χ2v) is 1.65. The van der Waals surface area contributed by atoms with Crippen molar-refractivity contribution >= 4 is 11.6 Å². The van der Waals surface area contributed by atoms with Crippen molar-refractivity contribution in [2.45, 2.75) is 6.92 Å². The molecule has 0 aliphatic heterocycles. The largest absolute Gasteiger partial charge is 0.399 e. The lowest BCUT2D eigenvalue weighted by Gasteiger charge is -1.84. The Hall–Kier alpha value is -0.430. The molecular formula is C6H10ClN. The fourth-order valence-corrected chi connectivity index (χ4v) is 0.366. The summed E-state index contributed by atoms with van der Waals surface area (Å²) in [6.45, 7) is 1.88. The Morgan fingerprint density at radius 2 is 2.38 bits per heavy atom. The minimum atomic E-state index is 0.522. The van der Waals surface area contributed by atoms with E-state index in [1.807, 2.05) is 13.0 Å². The van der Waals surface area contributed by atoms with E-state index in [9.17, 15) is 0 Å². The molecule has 46 valence electrons. The van der Waals surface area contributed by atoms with Crippen molar-refractivity contribution in [2.75, 3.05) is 5.88 Å². The van der Waals surface area contributed by atoms with Gasteiger partial charge in [0.25, 0.3) is 0 Å². The summed E-state index contributed by atoms with van der Waals surface area (Å²) in [5.41, 5.74) is 6.13. The molecule has 0 heterocycles. The fourth-order valence-electron chi connectivity index (χ4n) is 0.277. The lowest BCUT2D eigenvalue weighted by molar-refractivity contribution is 1.39. The highest BCUT2D eigenvalue weighted by molar-refractivity contribution is 6.18. The van der Waals surface area contributed by atoms with E-state index >= 15 is 0 Å². The molecule has 0 spiro atoms. The Morgan fingerprint density at radius 3 is 2.75 bits per heavy atom. The third-order valence-electron chi connectivity index (χ3n) is 0.733. The Balaban J connectivity index is 3.53. The summed E-state index contributed by atoms with van der Waals surface area (Å²) < 4.78 is 0. The average molecular weight is 132 g/mol. The lowest BCUT2D eigenvalue weighted by Crippen LogP contribution is -1.90. The first kappa shape index (κ1) is 7.57. The van der Waals surface area contributed by atoms with Gasteiger partial charge in [0.05, 0.1) is 0 Å². The van der Waals surface area contributed by atoms with Crippen LogP contribution in [0.25, 0.3) is 0 Å². The number of halogens is 1. The van der Waals surface area contributed by atoms with E-state index in [0.29, 0.717) is 5.88 Å². The van der Waals surface area contributed by atoms with Gasteiger partial charge in [-0.15, -0.1) is 11.6 Å². The molecule has 2 heteroatoms. The standard InChI is InChI=1S/C6H10ClN/c1-2-6(8)4-3-5-7/h2-4H,5,8H2,1H3/b4-3-,6-2+. The van der Waals surface area contributed by atoms with Gasteiger partial charge >= 0.3 is 0 Å². The number of alkyl halides is 1. The van der Waals surface area contributed by atoms with Crippen molar-refractivity contribution in [3.8, 4) is 0 Å². The molecule has 0 aromatic heterocycles. The van der Waals surface area contributed by atoms with Gasteiger partial charge in [-0.25, -0.2) is 0 Å². The predicted octanol–water partition coefficient (Wildman–Crippen LogP) is 1.64. The first-order valence-corrected chi connectivity index (χ1v) is 2.99. The van der Waals surface area contributed by atoms with Crippen LogP contribution in [0.1, 0.15) is 6.92 Å². The molecule has 0 saturated heterocycles. The molecule has 2 N–H and O–H groups in total. The topological polar surface area (TPSA) is 26.0 Å². The molecule has 0 unspecified atom stereocenters. The number of hydrogen-bond acceptors (Lipinski definition) is 1. The van der Waals surface area contributed by atoms with Gasteiger partial charge in [0.15, 0.2) is 0 Å². The van der Waals surface area contributed by atoms with Gasteiger partial charge in [-0.1, -0.05) is 12.2 Å². The van der Waals surface area contributed by atoms with Crippen LogP contribution in [0, 0.1) is 0 Å². The molecule has 0 rings (SSSR count). The molecule has 0 aromatic rings. The van der Waals surface area contributed by atoms with Crippen LogP contribution in [-0.2, 0) is 0 Å². The van der Waals surface area contributed by atoms with Gasteiger partial charge in [0.1, 0.15) is 0 Å². The minimum absolute atomic E-state index is 0.522. The van der Waals surface area contributed by atoms with Crippen LogP contribution >= 0.6 is 11.6 Å². The third-order valence-corrected chi connectivity index (χ3v) is 0.911. The Labute approximate surface area is 54.8 Å². The maximum atomic E-state index is 5.37. The van der Waals surface area contributed by atoms with Gasteiger partial charge in [-0.3, -0.25) is 0 Å². The Bertz CT molecular complexity index is 105. The third kappa shape index (κ3) is 3.75. The van der Waals surface area contributed by atoms with Crippen molar-refractivity contribution in [2.24, 2.45) is 5.73 Å². The zero-order valence-corrected chi connectivity index (χ0v) is 5.65. The Morgan fingerprint density at radius 1 is 1.75 bits per heavy atom. The second kappa shape index (κ2) is 4.72. The average Bonchev–Trinajstić information content (AvgIpc) is 1.83. The molecule has 0 amide bonds. The summed E-state index contributed by atoms with van der Waals surface area (Å²) in [6, 6.07) is 0. The van der Waals surface area contributed by atoms with Gasteiger partial charge in [0, 0.05) is 11.6 Å². The number of rotatable bonds is 2. The lowest BCUT2D eigenvalue weighted by atomic mass is 10.4. The number of allylic oxidation sites excluding steroid dienone is 3. The van der Waals surface area contributed by atoms with E-state index in [1.54, 1.807) is 12.2 Å². The second-order valence-electron chi connectivity index (χ2n) is 1.35. The summed E-state index contributed by atoms with van der Waals surface area (Å²) in [6.07, 6.45) is 5.41. The molecule has 0 aromatic carbocycles. The highest BCUT2D eigenvalue weighted by atomic mass is 35.5. The van der Waals surface area contributed by atoms with E-state index in [-0.39, 0.29) is 0 Å². The van der Waals surface area contributed by atoms with Crippen molar-refractivity contribution in [1.82, 2.24) is 0 Å². The van der Waals surface area contributed by atoms with Crippen molar-refractivity contribution in [3.05, 3.63) is 23.9 Å². The van der Waals surface area contributed by atoms with Crippen LogP contribution < -0.4 is 5.73 Å². The van der Waals surface area contributed by atoms with E-state index in [0.717, 1.165) is 5.70 Å². The summed E-state index contributed by atoms with van der Waals surface area (Å²) in [5.74, 6) is 0.522. The molecule has 0 aliphatic carbocycles. The van der Waals surface area contributed by atoms with E-state index < -0.39 is 0 Å². The summed E-state index contributed by atoms with van der Waals surface area (Å²) >= 11 is 5.33. The quantitative estimate of drug-likeness (QED) is 0.448. The van der Waals surface area contributed by atoms with Gasteiger partial charge < -0.3 is 5.73 Å². The monoisotopic (exact) mass is 131 g/mol. The van der Waals surface area contributed by atoms with Crippen LogP contribution in [0.5, 0.6) is 0 Å². The van der Waals surface area contributed by atoms with Crippen molar-refractivity contribution in [1.29, 1.82) is 0 Å². The maximum Gasteiger partial charge on any atom is 0.0407 e. The number of nitrogens with two attached hydrogens (primary N) is 1. The molecule has 0 aliphatic rings. The van der Waals surface area contributed by atoms with E-state index in [1.165, 1.54) is 0 Å². The van der Waals surface area contributed by atoms with Crippen LogP contribution in [0.4, 0.5) is 0 Å². The van der Waals surface area contributed by atoms with Crippen molar-refractivity contribution < 1.29 is 0 Å². The normalized spacial score (nSPS) is 13.0. The molecule has 0 atom stereocenters. The zero-order chi connectivity index (χ0) is 6.41. The van der Waals surface area contributed by atoms with Crippen molar-refractivity contribution in [3.63, 3.8) is 0 Å². The summed E-state index contributed by atoms with van der Waals surface area (Å²) in [7, 11) is 0. The molecule has 0 radical (unpaired) electrons. The van der Waals surface area contributed by atoms with Crippen LogP contribution in [0.3, 0.4) is 0 Å². The van der Waals surface area contributed by atoms with E-state index in [4.69, 9.17) is 17.3 Å². The van der Waals surface area contributed by atoms with E-state index in [2.05, 4.69) is 0 Å². The van der Waals surface area contributed by atoms with Gasteiger partial charge in [-0.05, 0) is 13.0 Å². The van der Waals surface area contributed by atoms with Gasteiger partial charge in [-0.2, -0.15) is 0 Å². The molecule has 1 nitrogen and oxygen atoms in total.